The molecule has 3 nitrogen and oxygen atoms in total. The summed E-state index contributed by atoms with van der Waals surface area (Å²) in [5.74, 6) is -6.64. The van der Waals surface area contributed by atoms with E-state index >= 15 is 0 Å². The van der Waals surface area contributed by atoms with Gasteiger partial charge < -0.3 is 4.42 Å². The molecule has 2 heterocycles. The first-order valence-electron chi connectivity index (χ1n) is 19.9. The zero-order valence-corrected chi connectivity index (χ0v) is 22.0. The van der Waals surface area contributed by atoms with Gasteiger partial charge in [0.2, 0.25) is 0 Å². The summed E-state index contributed by atoms with van der Waals surface area (Å²) < 4.78 is 130. The van der Waals surface area contributed by atoms with Crippen LogP contribution >= 0.6 is 0 Å². The minimum Gasteiger partial charge on any atom is -0.454 e. The topological polar surface area (TPSA) is 21.9 Å². The van der Waals surface area contributed by atoms with Crippen molar-refractivity contribution in [2.24, 2.45) is 7.05 Å². The Labute approximate surface area is 255 Å². The molecule has 198 valence electrons. The van der Waals surface area contributed by atoms with Crippen molar-refractivity contribution in [1.82, 2.24) is 4.57 Å². The molecule has 0 fully saturated rings. The predicted molar refractivity (Wildman–Crippen MR) is 168 cm³/mol. The lowest BCUT2D eigenvalue weighted by Crippen LogP contribution is -2.30. The van der Waals surface area contributed by atoms with Gasteiger partial charge in [0.25, 0.3) is 5.82 Å². The molecule has 0 radical (unpaired) electrons. The smallest absolute Gasteiger partial charge is 0.299 e. The predicted octanol–water partition coefficient (Wildman–Crippen LogP) is 9.73. The SMILES string of the molecule is [2H]C([2H])([2H])C([2H])(c1cccc(C([2H])(C([2H])([2H])[2H])C([2H])([2H])[2H])c1-n1c(-c2c(C)ccc3c2oc2c4ccccc4ccc32)[n+](C)c2ccccc21)C([2H])([2H])[2H]. The average Bonchev–Trinajstić information content (AvgIpc) is 3.60. The molecule has 0 spiro atoms. The van der Waals surface area contributed by atoms with Crippen LogP contribution < -0.4 is 4.57 Å². The molecule has 0 saturated heterocycles. The highest BCUT2D eigenvalue weighted by Crippen LogP contribution is 2.42. The van der Waals surface area contributed by atoms with E-state index in [-0.39, 0.29) is 5.82 Å². The summed E-state index contributed by atoms with van der Waals surface area (Å²) >= 11 is 0. The molecule has 7 rings (SSSR count). The maximum Gasteiger partial charge on any atom is 0.299 e. The molecular formula is C37H35N2O+. The van der Waals surface area contributed by atoms with Crippen LogP contribution in [0.4, 0.5) is 0 Å². The van der Waals surface area contributed by atoms with Crippen molar-refractivity contribution < 1.29 is 28.2 Å². The van der Waals surface area contributed by atoms with Gasteiger partial charge in [-0.25, -0.2) is 4.57 Å². The fourth-order valence-corrected chi connectivity index (χ4v) is 5.95. The van der Waals surface area contributed by atoms with E-state index < -0.39 is 56.0 Å². The minimum absolute atomic E-state index is 0.230. The standard InChI is InChI=1S/C37H35N2O/c1-22(2)26-14-11-15-27(23(3)4)34(26)39-32-17-10-9-16-31(32)38(6)37(39)33-24(5)18-20-30-29-21-19-25-12-7-8-13-28(25)35(29)40-36(30)33/h7-23H,1-6H3/q+1/i1D3,2D3,3D3,4D3,22D,23D. The Morgan fingerprint density at radius 3 is 2.17 bits per heavy atom. The molecule has 0 saturated carbocycles. The third kappa shape index (κ3) is 3.47. The van der Waals surface area contributed by atoms with Gasteiger partial charge in [0.1, 0.15) is 16.8 Å². The average molecular weight is 538 g/mol. The number of nitrogens with zero attached hydrogens (tertiary/aromatic N) is 2. The number of aromatic nitrogens is 2. The summed E-state index contributed by atoms with van der Waals surface area (Å²) in [5.41, 5.74) is 0.953. The van der Waals surface area contributed by atoms with E-state index in [9.17, 15) is 2.74 Å². The largest absolute Gasteiger partial charge is 0.454 e. The molecule has 40 heavy (non-hydrogen) atoms. The van der Waals surface area contributed by atoms with Crippen LogP contribution in [0.2, 0.25) is 0 Å². The molecule has 0 unspecified atom stereocenters. The lowest BCUT2D eigenvalue weighted by Gasteiger charge is -2.18. The Morgan fingerprint density at radius 2 is 1.40 bits per heavy atom. The van der Waals surface area contributed by atoms with Crippen LogP contribution in [0.15, 0.2) is 95.4 Å². The Hall–Kier alpha value is -4.37. The van der Waals surface area contributed by atoms with Gasteiger partial charge in [-0.2, -0.15) is 4.57 Å². The van der Waals surface area contributed by atoms with Gasteiger partial charge in [0.05, 0.1) is 7.05 Å². The number of fused-ring (bicyclic) bond motifs is 6. The van der Waals surface area contributed by atoms with Crippen LogP contribution in [0.3, 0.4) is 0 Å². The molecule has 0 aliphatic heterocycles. The van der Waals surface area contributed by atoms with E-state index in [1.165, 1.54) is 4.57 Å². The Kier molecular flexibility index (Phi) is 3.14. The van der Waals surface area contributed by atoms with Crippen molar-refractivity contribution in [3.05, 3.63) is 108 Å². The number of para-hydroxylation sites is 3. The van der Waals surface area contributed by atoms with Gasteiger partial charge in [-0.3, -0.25) is 0 Å². The number of rotatable bonds is 4. The first-order chi connectivity index (χ1) is 25.0. The number of hydrogen-bond donors (Lipinski definition) is 0. The highest BCUT2D eigenvalue weighted by atomic mass is 16.3. The van der Waals surface area contributed by atoms with Gasteiger partial charge in [-0.1, -0.05) is 100 Å². The fourth-order valence-electron chi connectivity index (χ4n) is 5.95. The lowest BCUT2D eigenvalue weighted by atomic mass is 9.92. The third-order valence-electron chi connectivity index (χ3n) is 7.78. The lowest BCUT2D eigenvalue weighted by molar-refractivity contribution is -0.633. The van der Waals surface area contributed by atoms with E-state index in [0.717, 1.165) is 34.4 Å². The summed E-state index contributed by atoms with van der Waals surface area (Å²) in [5, 5.41) is 3.28. The molecule has 0 bridgehead atoms. The number of benzene rings is 5. The summed E-state index contributed by atoms with van der Waals surface area (Å²) in [6.07, 6.45) is 0. The second-order valence-corrected chi connectivity index (χ2v) is 10.1. The number of hydrogen-bond acceptors (Lipinski definition) is 1. The van der Waals surface area contributed by atoms with Gasteiger partial charge in [-0.05, 0) is 47.9 Å². The van der Waals surface area contributed by atoms with Gasteiger partial charge in [0, 0.05) is 46.5 Å². The molecule has 7 aromatic rings. The number of imidazole rings is 1. The first-order valence-corrected chi connectivity index (χ1v) is 12.9. The van der Waals surface area contributed by atoms with Gasteiger partial charge in [0.15, 0.2) is 16.6 Å². The normalized spacial score (nSPS) is 19.1. The quantitative estimate of drug-likeness (QED) is 0.205. The van der Waals surface area contributed by atoms with Crippen LogP contribution in [0, 0.1) is 6.92 Å². The fraction of sp³-hybridized carbons (Fsp3) is 0.216. The summed E-state index contributed by atoms with van der Waals surface area (Å²) in [7, 11) is 1.70. The Morgan fingerprint density at radius 1 is 0.725 bits per heavy atom. The highest BCUT2D eigenvalue weighted by Gasteiger charge is 2.33. The van der Waals surface area contributed by atoms with Crippen molar-refractivity contribution in [2.45, 2.75) is 46.1 Å². The molecule has 5 aromatic carbocycles. The van der Waals surface area contributed by atoms with Crippen LogP contribution in [-0.2, 0) is 7.05 Å². The highest BCUT2D eigenvalue weighted by molar-refractivity contribution is 6.17. The molecule has 0 amide bonds. The summed E-state index contributed by atoms with van der Waals surface area (Å²) in [6, 6.07) is 25.4. The number of furan rings is 1. The van der Waals surface area contributed by atoms with Gasteiger partial charge in [-0.15, -0.1) is 0 Å². The van der Waals surface area contributed by atoms with Crippen molar-refractivity contribution in [1.29, 1.82) is 0 Å². The second kappa shape index (κ2) is 9.09. The number of aryl methyl sites for hydroxylation is 2. The first kappa shape index (κ1) is 13.8. The molecular weight excluding hydrogens is 488 g/mol. The van der Waals surface area contributed by atoms with Gasteiger partial charge >= 0.3 is 0 Å². The molecule has 0 aliphatic rings. The zero-order valence-electron chi connectivity index (χ0n) is 36.0. The Balaban J connectivity index is 1.76. The molecule has 0 N–H and O–H groups in total. The van der Waals surface area contributed by atoms with Crippen molar-refractivity contribution in [3.8, 4) is 17.1 Å². The monoisotopic (exact) mass is 537 g/mol. The Bertz CT molecular complexity index is 2540. The maximum absolute atomic E-state index is 9.37. The second-order valence-electron chi connectivity index (χ2n) is 10.1. The van der Waals surface area contributed by atoms with Crippen molar-refractivity contribution in [3.63, 3.8) is 0 Å². The minimum atomic E-state index is -3.56. The van der Waals surface area contributed by atoms with Crippen LogP contribution in [-0.4, -0.2) is 4.57 Å². The van der Waals surface area contributed by atoms with E-state index in [4.69, 9.17) is 20.9 Å². The zero-order chi connectivity index (χ0) is 39.6. The molecule has 0 aliphatic carbocycles. The summed E-state index contributed by atoms with van der Waals surface area (Å²) in [6.45, 7) is -12.4. The van der Waals surface area contributed by atoms with Crippen LogP contribution in [0.25, 0.3) is 60.8 Å². The maximum atomic E-state index is 9.37. The van der Waals surface area contributed by atoms with Crippen molar-refractivity contribution >= 4 is 43.7 Å². The summed E-state index contributed by atoms with van der Waals surface area (Å²) in [4.78, 5) is 0. The van der Waals surface area contributed by atoms with E-state index in [1.54, 1.807) is 35.9 Å². The third-order valence-corrected chi connectivity index (χ3v) is 7.78. The van der Waals surface area contributed by atoms with Crippen molar-refractivity contribution in [2.75, 3.05) is 0 Å². The van der Waals surface area contributed by atoms with E-state index in [2.05, 4.69) is 0 Å². The van der Waals surface area contributed by atoms with Crippen LogP contribution in [0.1, 0.15) is 75.1 Å². The van der Waals surface area contributed by atoms with E-state index in [0.29, 0.717) is 38.7 Å². The van der Waals surface area contributed by atoms with E-state index in [1.807, 2.05) is 55.5 Å². The molecule has 2 aromatic heterocycles. The van der Waals surface area contributed by atoms with Crippen LogP contribution in [0.5, 0.6) is 0 Å². The molecule has 0 atom stereocenters. The molecule has 3 heteroatoms.